The molecule has 0 bridgehead atoms. The van der Waals surface area contributed by atoms with Gasteiger partial charge in [-0.25, -0.2) is 0 Å². The highest BCUT2D eigenvalue weighted by molar-refractivity contribution is 4.99. The van der Waals surface area contributed by atoms with Crippen molar-refractivity contribution in [1.82, 2.24) is 10.2 Å². The van der Waals surface area contributed by atoms with E-state index in [9.17, 15) is 0 Å². The summed E-state index contributed by atoms with van der Waals surface area (Å²) in [5.74, 6) is 0. The van der Waals surface area contributed by atoms with Gasteiger partial charge in [0, 0.05) is 24.7 Å². The summed E-state index contributed by atoms with van der Waals surface area (Å²) in [6.07, 6.45) is 3.85. The summed E-state index contributed by atoms with van der Waals surface area (Å²) in [7, 11) is 2.27. The maximum absolute atomic E-state index is 3.60. The number of rotatable bonds is 3. The van der Waals surface area contributed by atoms with Crippen LogP contribution in [-0.2, 0) is 0 Å². The summed E-state index contributed by atoms with van der Waals surface area (Å²) in [6, 6.07) is 0.635. The van der Waals surface area contributed by atoms with Crippen LogP contribution in [0.5, 0.6) is 0 Å². The number of nitrogens with one attached hydrogen (secondary N) is 1. The Morgan fingerprint density at radius 1 is 1.46 bits per heavy atom. The van der Waals surface area contributed by atoms with Gasteiger partial charge in [0.15, 0.2) is 0 Å². The second-order valence-electron chi connectivity index (χ2n) is 4.30. The Labute approximate surface area is 82.7 Å². The second kappa shape index (κ2) is 4.43. The monoisotopic (exact) mass is 184 g/mol. The van der Waals surface area contributed by atoms with E-state index in [-0.39, 0.29) is 0 Å². The second-order valence-corrected chi connectivity index (χ2v) is 4.30. The first-order chi connectivity index (χ1) is 6.17. The van der Waals surface area contributed by atoms with E-state index in [1.54, 1.807) is 0 Å². The highest BCUT2D eigenvalue weighted by Crippen LogP contribution is 2.30. The molecule has 13 heavy (non-hydrogen) atoms. The lowest BCUT2D eigenvalue weighted by Crippen LogP contribution is -2.64. The van der Waals surface area contributed by atoms with E-state index in [0.717, 1.165) is 6.54 Å². The molecule has 0 radical (unpaired) electrons. The van der Waals surface area contributed by atoms with Crippen LogP contribution in [0, 0.1) is 0 Å². The summed E-state index contributed by atoms with van der Waals surface area (Å²) in [6.45, 7) is 9.26. The Morgan fingerprint density at radius 2 is 2.15 bits per heavy atom. The molecular weight excluding hydrogens is 160 g/mol. The summed E-state index contributed by atoms with van der Waals surface area (Å²) >= 11 is 0. The molecule has 0 saturated carbocycles. The summed E-state index contributed by atoms with van der Waals surface area (Å²) in [5, 5.41) is 3.60. The molecule has 2 atom stereocenters. The lowest BCUT2D eigenvalue weighted by molar-refractivity contribution is 0.0367. The standard InChI is InChI=1S/C11H24N2/c1-5-7-11(6-2)10(3)12-8-9-13(11)4/h10,12H,5-9H2,1-4H3. The van der Waals surface area contributed by atoms with Crippen LogP contribution in [-0.4, -0.2) is 36.6 Å². The van der Waals surface area contributed by atoms with Crippen molar-refractivity contribution in [3.63, 3.8) is 0 Å². The molecule has 1 fully saturated rings. The fraction of sp³-hybridized carbons (Fsp3) is 1.00. The molecule has 0 aromatic carbocycles. The molecule has 2 unspecified atom stereocenters. The molecule has 2 heteroatoms. The van der Waals surface area contributed by atoms with Crippen LogP contribution in [0.3, 0.4) is 0 Å². The minimum Gasteiger partial charge on any atom is -0.311 e. The van der Waals surface area contributed by atoms with E-state index in [4.69, 9.17) is 0 Å². The maximum atomic E-state index is 3.60. The van der Waals surface area contributed by atoms with Crippen LogP contribution in [0.2, 0.25) is 0 Å². The zero-order chi connectivity index (χ0) is 9.90. The predicted octanol–water partition coefficient (Wildman–Crippen LogP) is 1.86. The van der Waals surface area contributed by atoms with Crippen molar-refractivity contribution < 1.29 is 0 Å². The number of piperazine rings is 1. The van der Waals surface area contributed by atoms with Crippen molar-refractivity contribution in [1.29, 1.82) is 0 Å². The quantitative estimate of drug-likeness (QED) is 0.720. The molecule has 2 nitrogen and oxygen atoms in total. The number of hydrogen-bond acceptors (Lipinski definition) is 2. The van der Waals surface area contributed by atoms with Gasteiger partial charge in [-0.15, -0.1) is 0 Å². The molecule has 78 valence electrons. The highest BCUT2D eigenvalue weighted by Gasteiger charge is 2.39. The first kappa shape index (κ1) is 11.0. The van der Waals surface area contributed by atoms with Crippen LogP contribution in [0.25, 0.3) is 0 Å². The van der Waals surface area contributed by atoms with Gasteiger partial charge in [0.1, 0.15) is 0 Å². The van der Waals surface area contributed by atoms with Crippen LogP contribution in [0.15, 0.2) is 0 Å². The molecule has 1 aliphatic rings. The zero-order valence-corrected chi connectivity index (χ0v) is 9.56. The van der Waals surface area contributed by atoms with E-state index < -0.39 is 0 Å². The molecule has 1 heterocycles. The third kappa shape index (κ3) is 1.89. The molecular formula is C11H24N2. The molecule has 1 rings (SSSR count). The van der Waals surface area contributed by atoms with Crippen molar-refractivity contribution in [2.24, 2.45) is 0 Å². The molecule has 1 N–H and O–H groups in total. The van der Waals surface area contributed by atoms with Gasteiger partial charge >= 0.3 is 0 Å². The van der Waals surface area contributed by atoms with Gasteiger partial charge in [-0.1, -0.05) is 20.3 Å². The topological polar surface area (TPSA) is 15.3 Å². The number of likely N-dealkylation sites (N-methyl/N-ethyl adjacent to an activating group) is 1. The molecule has 0 aromatic heterocycles. The van der Waals surface area contributed by atoms with E-state index in [1.165, 1.54) is 25.8 Å². The third-order valence-electron chi connectivity index (χ3n) is 3.76. The normalized spacial score (nSPS) is 36.5. The molecule has 0 amide bonds. The fourth-order valence-corrected chi connectivity index (χ4v) is 2.79. The average Bonchev–Trinajstić information content (AvgIpc) is 2.12. The van der Waals surface area contributed by atoms with Crippen LogP contribution >= 0.6 is 0 Å². The SMILES string of the molecule is CCCC1(CC)C(C)NCCN1C. The predicted molar refractivity (Wildman–Crippen MR) is 58.0 cm³/mol. The molecule has 0 spiro atoms. The fourth-order valence-electron chi connectivity index (χ4n) is 2.79. The lowest BCUT2D eigenvalue weighted by atomic mass is 9.81. The highest BCUT2D eigenvalue weighted by atomic mass is 15.3. The maximum Gasteiger partial charge on any atom is 0.0354 e. The minimum atomic E-state index is 0.410. The van der Waals surface area contributed by atoms with Crippen LogP contribution in [0.1, 0.15) is 40.0 Å². The minimum absolute atomic E-state index is 0.410. The average molecular weight is 184 g/mol. The Balaban J connectivity index is 2.76. The van der Waals surface area contributed by atoms with Crippen molar-refractivity contribution in [3.8, 4) is 0 Å². The summed E-state index contributed by atoms with van der Waals surface area (Å²) in [5.41, 5.74) is 0.410. The Bertz CT molecular complexity index is 146. The third-order valence-corrected chi connectivity index (χ3v) is 3.76. The number of hydrogen-bond donors (Lipinski definition) is 1. The van der Waals surface area contributed by atoms with Crippen LogP contribution in [0.4, 0.5) is 0 Å². The zero-order valence-electron chi connectivity index (χ0n) is 9.56. The Kier molecular flexibility index (Phi) is 3.74. The van der Waals surface area contributed by atoms with Crippen LogP contribution < -0.4 is 5.32 Å². The lowest BCUT2D eigenvalue weighted by Gasteiger charge is -2.50. The molecule has 1 aliphatic heterocycles. The van der Waals surface area contributed by atoms with Gasteiger partial charge in [0.05, 0.1) is 0 Å². The van der Waals surface area contributed by atoms with Gasteiger partial charge < -0.3 is 5.32 Å². The van der Waals surface area contributed by atoms with E-state index in [0.29, 0.717) is 11.6 Å². The molecule has 1 saturated heterocycles. The molecule has 0 aromatic rings. The van der Waals surface area contributed by atoms with Gasteiger partial charge in [-0.05, 0) is 26.8 Å². The van der Waals surface area contributed by atoms with Crippen molar-refractivity contribution in [2.75, 3.05) is 20.1 Å². The summed E-state index contributed by atoms with van der Waals surface area (Å²) in [4.78, 5) is 2.55. The largest absolute Gasteiger partial charge is 0.311 e. The number of nitrogens with zero attached hydrogens (tertiary/aromatic N) is 1. The van der Waals surface area contributed by atoms with Crippen molar-refractivity contribution in [3.05, 3.63) is 0 Å². The van der Waals surface area contributed by atoms with Gasteiger partial charge in [-0.2, -0.15) is 0 Å². The summed E-state index contributed by atoms with van der Waals surface area (Å²) < 4.78 is 0. The van der Waals surface area contributed by atoms with E-state index >= 15 is 0 Å². The van der Waals surface area contributed by atoms with Gasteiger partial charge in [0.25, 0.3) is 0 Å². The van der Waals surface area contributed by atoms with Crippen molar-refractivity contribution >= 4 is 0 Å². The van der Waals surface area contributed by atoms with E-state index in [2.05, 4.69) is 38.0 Å². The molecule has 0 aliphatic carbocycles. The Hall–Kier alpha value is -0.0800. The van der Waals surface area contributed by atoms with Gasteiger partial charge in [-0.3, -0.25) is 4.90 Å². The smallest absolute Gasteiger partial charge is 0.0354 e. The van der Waals surface area contributed by atoms with Crippen molar-refractivity contribution in [2.45, 2.75) is 51.6 Å². The first-order valence-electron chi connectivity index (χ1n) is 5.62. The van der Waals surface area contributed by atoms with E-state index in [1.807, 2.05) is 0 Å². The van der Waals surface area contributed by atoms with Gasteiger partial charge in [0.2, 0.25) is 0 Å². The Morgan fingerprint density at radius 3 is 2.62 bits per heavy atom. The first-order valence-corrected chi connectivity index (χ1v) is 5.62.